The van der Waals surface area contributed by atoms with Crippen LogP contribution in [0.5, 0.6) is 11.5 Å². The number of ether oxygens (including phenoxy) is 1. The number of nitrogens with zero attached hydrogens (tertiary/aromatic N) is 4. The summed E-state index contributed by atoms with van der Waals surface area (Å²) < 4.78 is 7.78. The first kappa shape index (κ1) is 13.3. The SMILES string of the molecule is Cc1ccc(Oc2ccnc(-c3cn(C)cn3)c2)c(C)n1. The molecule has 0 saturated carbocycles. The zero-order chi connectivity index (χ0) is 14.8. The van der Waals surface area contributed by atoms with E-state index < -0.39 is 0 Å². The lowest BCUT2D eigenvalue weighted by molar-refractivity contribution is 0.475. The molecule has 0 aliphatic heterocycles. The standard InChI is InChI=1S/C16H16N4O/c1-11-4-5-16(12(2)19-11)21-13-6-7-17-14(8-13)15-9-20(3)10-18-15/h4-10H,1-3H3. The van der Waals surface area contributed by atoms with Crippen molar-refractivity contribution in [1.82, 2.24) is 19.5 Å². The van der Waals surface area contributed by atoms with Gasteiger partial charge in [-0.2, -0.15) is 0 Å². The highest BCUT2D eigenvalue weighted by atomic mass is 16.5. The first-order valence-corrected chi connectivity index (χ1v) is 6.68. The minimum absolute atomic E-state index is 0.722. The molecule has 0 aliphatic rings. The summed E-state index contributed by atoms with van der Waals surface area (Å²) in [5.41, 5.74) is 3.45. The second kappa shape index (κ2) is 5.36. The Balaban J connectivity index is 1.89. The molecule has 0 aromatic carbocycles. The highest BCUT2D eigenvalue weighted by Crippen LogP contribution is 2.26. The monoisotopic (exact) mass is 280 g/mol. The Morgan fingerprint density at radius 2 is 1.90 bits per heavy atom. The van der Waals surface area contributed by atoms with E-state index in [9.17, 15) is 0 Å². The van der Waals surface area contributed by atoms with Crippen LogP contribution in [0.3, 0.4) is 0 Å². The normalized spacial score (nSPS) is 10.6. The Morgan fingerprint density at radius 3 is 2.62 bits per heavy atom. The molecule has 0 radical (unpaired) electrons. The lowest BCUT2D eigenvalue weighted by Crippen LogP contribution is -1.93. The van der Waals surface area contributed by atoms with Crippen LogP contribution in [-0.2, 0) is 7.05 Å². The van der Waals surface area contributed by atoms with Crippen molar-refractivity contribution >= 4 is 0 Å². The van der Waals surface area contributed by atoms with E-state index in [-0.39, 0.29) is 0 Å². The molecular formula is C16H16N4O. The highest BCUT2D eigenvalue weighted by Gasteiger charge is 2.07. The Kier molecular flexibility index (Phi) is 3.39. The highest BCUT2D eigenvalue weighted by molar-refractivity contribution is 5.55. The van der Waals surface area contributed by atoms with Crippen molar-refractivity contribution in [1.29, 1.82) is 0 Å². The third-order valence-corrected chi connectivity index (χ3v) is 3.10. The summed E-state index contributed by atoms with van der Waals surface area (Å²) in [6.45, 7) is 3.89. The van der Waals surface area contributed by atoms with Crippen molar-refractivity contribution < 1.29 is 4.74 Å². The predicted octanol–water partition coefficient (Wildman–Crippen LogP) is 3.29. The number of hydrogen-bond acceptors (Lipinski definition) is 4. The van der Waals surface area contributed by atoms with Gasteiger partial charge in [-0.15, -0.1) is 0 Å². The van der Waals surface area contributed by atoms with E-state index in [2.05, 4.69) is 15.0 Å². The average molecular weight is 280 g/mol. The number of rotatable bonds is 3. The van der Waals surface area contributed by atoms with Crippen molar-refractivity contribution in [3.8, 4) is 22.9 Å². The number of pyridine rings is 2. The van der Waals surface area contributed by atoms with Gasteiger partial charge in [-0.05, 0) is 32.0 Å². The summed E-state index contributed by atoms with van der Waals surface area (Å²) >= 11 is 0. The first-order valence-electron chi connectivity index (χ1n) is 6.68. The van der Waals surface area contributed by atoms with Gasteiger partial charge in [0.2, 0.25) is 0 Å². The zero-order valence-electron chi connectivity index (χ0n) is 12.2. The largest absolute Gasteiger partial charge is 0.455 e. The van der Waals surface area contributed by atoms with Gasteiger partial charge in [0.05, 0.1) is 17.7 Å². The van der Waals surface area contributed by atoms with Gasteiger partial charge in [0.25, 0.3) is 0 Å². The number of aromatic nitrogens is 4. The average Bonchev–Trinajstić information content (AvgIpc) is 2.89. The Bertz CT molecular complexity index is 779. The predicted molar refractivity (Wildman–Crippen MR) is 80.2 cm³/mol. The quantitative estimate of drug-likeness (QED) is 0.738. The summed E-state index contributed by atoms with van der Waals surface area (Å²) in [5.74, 6) is 1.47. The molecule has 0 amide bonds. The summed E-state index contributed by atoms with van der Waals surface area (Å²) in [7, 11) is 1.93. The van der Waals surface area contributed by atoms with Crippen LogP contribution in [0.2, 0.25) is 0 Å². The van der Waals surface area contributed by atoms with Crippen LogP contribution in [0, 0.1) is 13.8 Å². The van der Waals surface area contributed by atoms with E-state index in [0.717, 1.165) is 34.3 Å². The lowest BCUT2D eigenvalue weighted by atomic mass is 10.2. The van der Waals surface area contributed by atoms with Gasteiger partial charge in [0, 0.05) is 31.2 Å². The van der Waals surface area contributed by atoms with Crippen LogP contribution >= 0.6 is 0 Å². The molecule has 0 bridgehead atoms. The molecule has 0 spiro atoms. The van der Waals surface area contributed by atoms with E-state index in [1.165, 1.54) is 0 Å². The van der Waals surface area contributed by atoms with Crippen LogP contribution in [0.4, 0.5) is 0 Å². The topological polar surface area (TPSA) is 52.8 Å². The Morgan fingerprint density at radius 1 is 1.05 bits per heavy atom. The van der Waals surface area contributed by atoms with Crippen molar-refractivity contribution in [2.24, 2.45) is 7.05 Å². The molecule has 3 rings (SSSR count). The minimum atomic E-state index is 0.722. The molecule has 3 aromatic rings. The Hall–Kier alpha value is -2.69. The molecule has 5 nitrogen and oxygen atoms in total. The zero-order valence-corrected chi connectivity index (χ0v) is 12.2. The van der Waals surface area contributed by atoms with Crippen molar-refractivity contribution in [3.63, 3.8) is 0 Å². The molecule has 0 unspecified atom stereocenters. The molecule has 0 saturated heterocycles. The fourth-order valence-electron chi connectivity index (χ4n) is 2.07. The molecule has 0 atom stereocenters. The molecular weight excluding hydrogens is 264 g/mol. The number of imidazole rings is 1. The molecule has 106 valence electrons. The van der Waals surface area contributed by atoms with Gasteiger partial charge in [0.1, 0.15) is 17.2 Å². The van der Waals surface area contributed by atoms with Crippen molar-refractivity contribution in [2.75, 3.05) is 0 Å². The van der Waals surface area contributed by atoms with Gasteiger partial charge in [0.15, 0.2) is 0 Å². The minimum Gasteiger partial charge on any atom is -0.455 e. The molecule has 21 heavy (non-hydrogen) atoms. The number of aryl methyl sites for hydroxylation is 3. The van der Waals surface area contributed by atoms with Gasteiger partial charge in [-0.1, -0.05) is 0 Å². The Labute approximate surface area is 123 Å². The van der Waals surface area contributed by atoms with E-state index in [0.29, 0.717) is 0 Å². The van der Waals surface area contributed by atoms with Crippen molar-refractivity contribution in [3.05, 3.63) is 54.4 Å². The smallest absolute Gasteiger partial charge is 0.148 e. The fourth-order valence-corrected chi connectivity index (χ4v) is 2.07. The summed E-state index contributed by atoms with van der Waals surface area (Å²) in [4.78, 5) is 13.0. The third kappa shape index (κ3) is 2.91. The fraction of sp³-hybridized carbons (Fsp3) is 0.188. The number of hydrogen-bond donors (Lipinski definition) is 0. The second-order valence-electron chi connectivity index (χ2n) is 4.94. The van der Waals surface area contributed by atoms with Gasteiger partial charge < -0.3 is 9.30 Å². The molecule has 0 fully saturated rings. The summed E-state index contributed by atoms with van der Waals surface area (Å²) in [5, 5.41) is 0. The van der Waals surface area contributed by atoms with E-state index in [1.807, 2.05) is 55.9 Å². The van der Waals surface area contributed by atoms with Crippen LogP contribution in [0.25, 0.3) is 11.4 Å². The van der Waals surface area contributed by atoms with E-state index in [1.54, 1.807) is 12.5 Å². The van der Waals surface area contributed by atoms with Crippen LogP contribution in [0.1, 0.15) is 11.4 Å². The maximum absolute atomic E-state index is 5.90. The molecule has 0 N–H and O–H groups in total. The van der Waals surface area contributed by atoms with Crippen LogP contribution in [0.15, 0.2) is 43.0 Å². The third-order valence-electron chi connectivity index (χ3n) is 3.10. The lowest BCUT2D eigenvalue weighted by Gasteiger charge is -2.09. The first-order chi connectivity index (χ1) is 10.1. The van der Waals surface area contributed by atoms with Crippen LogP contribution in [-0.4, -0.2) is 19.5 Å². The van der Waals surface area contributed by atoms with Gasteiger partial charge in [-0.25, -0.2) is 4.98 Å². The maximum atomic E-state index is 5.90. The summed E-state index contributed by atoms with van der Waals surface area (Å²) in [6, 6.07) is 7.56. The molecule has 3 aromatic heterocycles. The van der Waals surface area contributed by atoms with Crippen molar-refractivity contribution in [2.45, 2.75) is 13.8 Å². The van der Waals surface area contributed by atoms with E-state index in [4.69, 9.17) is 4.74 Å². The molecule has 5 heteroatoms. The van der Waals surface area contributed by atoms with Gasteiger partial charge in [-0.3, -0.25) is 9.97 Å². The van der Waals surface area contributed by atoms with Gasteiger partial charge >= 0.3 is 0 Å². The summed E-state index contributed by atoms with van der Waals surface area (Å²) in [6.07, 6.45) is 5.39. The molecule has 3 heterocycles. The molecule has 0 aliphatic carbocycles. The van der Waals surface area contributed by atoms with Crippen LogP contribution < -0.4 is 4.74 Å². The van der Waals surface area contributed by atoms with E-state index >= 15 is 0 Å². The maximum Gasteiger partial charge on any atom is 0.148 e. The second-order valence-corrected chi connectivity index (χ2v) is 4.94.